The van der Waals surface area contributed by atoms with Gasteiger partial charge in [0.05, 0.1) is 18.3 Å². The van der Waals surface area contributed by atoms with Crippen molar-refractivity contribution in [2.45, 2.75) is 33.2 Å². The molecule has 1 rings (SSSR count). The van der Waals surface area contributed by atoms with Gasteiger partial charge in [-0.3, -0.25) is 14.3 Å². The van der Waals surface area contributed by atoms with Gasteiger partial charge >= 0.3 is 0 Å². The predicted octanol–water partition coefficient (Wildman–Crippen LogP) is 0.876. The first-order valence-corrected chi connectivity index (χ1v) is 9.73. The molecule has 5 N–H and O–H groups in total. The lowest BCUT2D eigenvalue weighted by Gasteiger charge is -2.15. The molecule has 0 spiro atoms. The summed E-state index contributed by atoms with van der Waals surface area (Å²) in [5.41, 5.74) is 6.60. The van der Waals surface area contributed by atoms with E-state index < -0.39 is 22.0 Å². The van der Waals surface area contributed by atoms with Crippen molar-refractivity contribution in [1.29, 1.82) is 0 Å². The van der Waals surface area contributed by atoms with Crippen LogP contribution in [-0.4, -0.2) is 38.6 Å². The van der Waals surface area contributed by atoms with Crippen LogP contribution in [0, 0.1) is 5.92 Å². The lowest BCUT2D eigenvalue weighted by molar-refractivity contribution is -0.125. The number of anilines is 2. The highest BCUT2D eigenvalue weighted by Gasteiger charge is 2.17. The summed E-state index contributed by atoms with van der Waals surface area (Å²) in [5, 5.41) is 5.08. The molecule has 0 aliphatic carbocycles. The quantitative estimate of drug-likeness (QED) is 0.512. The van der Waals surface area contributed by atoms with E-state index in [4.69, 9.17) is 5.73 Å². The minimum atomic E-state index is -3.35. The molecule has 0 radical (unpaired) electrons. The average molecular weight is 370 g/mol. The summed E-state index contributed by atoms with van der Waals surface area (Å²) in [6.07, 6.45) is 0.523. The number of nitrogens with one attached hydrogen (secondary N) is 3. The molecule has 8 nitrogen and oxygen atoms in total. The monoisotopic (exact) mass is 370 g/mol. The fourth-order valence-electron chi connectivity index (χ4n) is 1.91. The van der Waals surface area contributed by atoms with E-state index in [9.17, 15) is 18.0 Å². The Morgan fingerprint density at radius 2 is 1.68 bits per heavy atom. The smallest absolute Gasteiger partial charge is 0.243 e. The third kappa shape index (κ3) is 7.53. The van der Waals surface area contributed by atoms with E-state index in [0.717, 1.165) is 0 Å². The third-order valence-corrected chi connectivity index (χ3v) is 4.85. The van der Waals surface area contributed by atoms with Crippen LogP contribution in [-0.2, 0) is 19.6 Å². The second kappa shape index (κ2) is 9.38. The topological polar surface area (TPSA) is 130 Å². The molecule has 0 unspecified atom stereocenters. The van der Waals surface area contributed by atoms with Crippen LogP contribution < -0.4 is 21.1 Å². The van der Waals surface area contributed by atoms with E-state index in [1.54, 1.807) is 31.2 Å². The molecule has 0 bridgehead atoms. The molecule has 0 heterocycles. The second-order valence-electron chi connectivity index (χ2n) is 6.03. The number of rotatable bonds is 9. The van der Waals surface area contributed by atoms with Gasteiger partial charge in [0.1, 0.15) is 0 Å². The molecule has 9 heteroatoms. The molecule has 0 aromatic heterocycles. The van der Waals surface area contributed by atoms with Gasteiger partial charge in [-0.2, -0.15) is 0 Å². The zero-order chi connectivity index (χ0) is 19.0. The molecule has 0 saturated heterocycles. The SMILES string of the molecule is CCCS(=O)(=O)Nc1ccc(NC(=O)CNC(=O)[C@@H](N)C(C)C)cc1. The number of hydrogen-bond donors (Lipinski definition) is 4. The number of carbonyl (C=O) groups is 2. The Balaban J connectivity index is 2.52. The van der Waals surface area contributed by atoms with Gasteiger partial charge < -0.3 is 16.4 Å². The maximum atomic E-state index is 11.8. The predicted molar refractivity (Wildman–Crippen MR) is 98.6 cm³/mol. The molecule has 2 amide bonds. The van der Waals surface area contributed by atoms with Gasteiger partial charge in [-0.25, -0.2) is 8.42 Å². The summed E-state index contributed by atoms with van der Waals surface area (Å²) in [6.45, 7) is 5.23. The highest BCUT2D eigenvalue weighted by molar-refractivity contribution is 7.92. The molecule has 1 atom stereocenters. The van der Waals surface area contributed by atoms with Gasteiger partial charge in [0, 0.05) is 11.4 Å². The summed E-state index contributed by atoms with van der Waals surface area (Å²) >= 11 is 0. The van der Waals surface area contributed by atoms with Crippen molar-refractivity contribution in [2.75, 3.05) is 22.3 Å². The molecule has 0 fully saturated rings. The summed E-state index contributed by atoms with van der Waals surface area (Å²) in [4.78, 5) is 23.5. The van der Waals surface area contributed by atoms with Crippen LogP contribution in [0.15, 0.2) is 24.3 Å². The van der Waals surface area contributed by atoms with Crippen molar-refractivity contribution >= 4 is 33.2 Å². The summed E-state index contributed by atoms with van der Waals surface area (Å²) in [7, 11) is -3.35. The molecule has 1 aromatic rings. The minimum Gasteiger partial charge on any atom is -0.346 e. The number of hydrogen-bond acceptors (Lipinski definition) is 5. The van der Waals surface area contributed by atoms with Crippen LogP contribution in [0.3, 0.4) is 0 Å². The Morgan fingerprint density at radius 3 is 2.20 bits per heavy atom. The molecular weight excluding hydrogens is 344 g/mol. The maximum absolute atomic E-state index is 11.8. The summed E-state index contributed by atoms with van der Waals surface area (Å²) in [6, 6.07) is 5.59. The van der Waals surface area contributed by atoms with Crippen molar-refractivity contribution < 1.29 is 18.0 Å². The van der Waals surface area contributed by atoms with E-state index in [-0.39, 0.29) is 24.1 Å². The van der Waals surface area contributed by atoms with Crippen LogP contribution >= 0.6 is 0 Å². The Morgan fingerprint density at radius 1 is 1.12 bits per heavy atom. The average Bonchev–Trinajstić information content (AvgIpc) is 2.53. The van der Waals surface area contributed by atoms with Crippen molar-refractivity contribution in [1.82, 2.24) is 5.32 Å². The summed E-state index contributed by atoms with van der Waals surface area (Å²) < 4.78 is 25.8. The zero-order valence-electron chi connectivity index (χ0n) is 14.7. The lowest BCUT2D eigenvalue weighted by atomic mass is 10.1. The van der Waals surface area contributed by atoms with Crippen molar-refractivity contribution in [2.24, 2.45) is 11.7 Å². The highest BCUT2D eigenvalue weighted by Crippen LogP contribution is 2.15. The molecule has 1 aromatic carbocycles. The van der Waals surface area contributed by atoms with Crippen LogP contribution in [0.5, 0.6) is 0 Å². The van der Waals surface area contributed by atoms with Crippen LogP contribution in [0.4, 0.5) is 11.4 Å². The Labute approximate surface area is 148 Å². The number of nitrogens with two attached hydrogens (primary N) is 1. The second-order valence-corrected chi connectivity index (χ2v) is 7.88. The van der Waals surface area contributed by atoms with Crippen molar-refractivity contribution in [3.05, 3.63) is 24.3 Å². The van der Waals surface area contributed by atoms with Crippen molar-refractivity contribution in [3.8, 4) is 0 Å². The zero-order valence-corrected chi connectivity index (χ0v) is 15.5. The van der Waals surface area contributed by atoms with E-state index in [2.05, 4.69) is 15.4 Å². The first-order valence-electron chi connectivity index (χ1n) is 8.08. The van der Waals surface area contributed by atoms with Gasteiger partial charge in [-0.05, 0) is 36.6 Å². The summed E-state index contributed by atoms with van der Waals surface area (Å²) in [5.74, 6) is -0.759. The van der Waals surface area contributed by atoms with Crippen LogP contribution in [0.25, 0.3) is 0 Å². The Hall–Kier alpha value is -2.13. The van der Waals surface area contributed by atoms with E-state index in [1.165, 1.54) is 0 Å². The maximum Gasteiger partial charge on any atom is 0.243 e. The number of benzene rings is 1. The first-order chi connectivity index (χ1) is 11.6. The lowest BCUT2D eigenvalue weighted by Crippen LogP contribution is -2.46. The van der Waals surface area contributed by atoms with Gasteiger partial charge in [-0.15, -0.1) is 0 Å². The normalized spacial score (nSPS) is 12.5. The number of amides is 2. The van der Waals surface area contributed by atoms with Gasteiger partial charge in [-0.1, -0.05) is 20.8 Å². The molecular formula is C16H26N4O4S. The fraction of sp³-hybridized carbons (Fsp3) is 0.500. The first kappa shape index (κ1) is 20.9. The van der Waals surface area contributed by atoms with Gasteiger partial charge in [0.2, 0.25) is 21.8 Å². The molecule has 0 aliphatic heterocycles. The molecule has 0 saturated carbocycles. The Kier molecular flexibility index (Phi) is 7.85. The van der Waals surface area contributed by atoms with E-state index >= 15 is 0 Å². The standard InChI is InChI=1S/C16H26N4O4S/c1-4-9-25(23,24)20-13-7-5-12(6-8-13)19-14(21)10-18-16(22)15(17)11(2)3/h5-8,11,15,20H,4,9-10,17H2,1-3H3,(H,18,22)(H,19,21)/t15-/m0/s1. The minimum absolute atomic E-state index is 0.0212. The molecule has 0 aliphatic rings. The van der Waals surface area contributed by atoms with Crippen molar-refractivity contribution in [3.63, 3.8) is 0 Å². The van der Waals surface area contributed by atoms with Crippen LogP contribution in [0.1, 0.15) is 27.2 Å². The van der Waals surface area contributed by atoms with Gasteiger partial charge in [0.15, 0.2) is 0 Å². The largest absolute Gasteiger partial charge is 0.346 e. The Bertz CT molecular complexity index is 687. The third-order valence-electron chi connectivity index (χ3n) is 3.36. The number of sulfonamides is 1. The van der Waals surface area contributed by atoms with Gasteiger partial charge in [0.25, 0.3) is 0 Å². The molecule has 25 heavy (non-hydrogen) atoms. The van der Waals surface area contributed by atoms with E-state index in [1.807, 2.05) is 13.8 Å². The highest BCUT2D eigenvalue weighted by atomic mass is 32.2. The van der Waals surface area contributed by atoms with Crippen LogP contribution in [0.2, 0.25) is 0 Å². The fourth-order valence-corrected chi connectivity index (χ4v) is 3.05. The van der Waals surface area contributed by atoms with E-state index in [0.29, 0.717) is 17.8 Å². The molecule has 140 valence electrons. The number of carbonyl (C=O) groups excluding carboxylic acids is 2.